The van der Waals surface area contributed by atoms with Crippen molar-refractivity contribution < 1.29 is 0 Å². The molecule has 2 nitrogen and oxygen atoms in total. The topological polar surface area (TPSA) is 29.3 Å². The van der Waals surface area contributed by atoms with Crippen LogP contribution in [-0.4, -0.2) is 29.8 Å². The molecular weight excluding hydrogens is 260 g/mol. The SMILES string of the molecule is CSc1cccc(N2CCSC(C)(C)C2)c1CN. The molecule has 4 heteroatoms. The fraction of sp³-hybridized carbons (Fsp3) is 0.571. The van der Waals surface area contributed by atoms with Crippen molar-refractivity contribution in [1.29, 1.82) is 0 Å². The summed E-state index contributed by atoms with van der Waals surface area (Å²) >= 11 is 3.85. The normalized spacial score (nSPS) is 19.0. The van der Waals surface area contributed by atoms with Gasteiger partial charge in [0.15, 0.2) is 0 Å². The molecule has 0 aromatic heterocycles. The summed E-state index contributed by atoms with van der Waals surface area (Å²) in [6.07, 6.45) is 2.12. The fourth-order valence-corrected chi connectivity index (χ4v) is 4.23. The van der Waals surface area contributed by atoms with Crippen LogP contribution in [0.5, 0.6) is 0 Å². The zero-order valence-electron chi connectivity index (χ0n) is 11.4. The largest absolute Gasteiger partial charge is 0.369 e. The standard InChI is InChI=1S/C14H22N2S2/c1-14(2)10-16(7-8-18-14)12-5-4-6-13(17-3)11(12)9-15/h4-6H,7-10,15H2,1-3H3. The van der Waals surface area contributed by atoms with E-state index in [-0.39, 0.29) is 0 Å². The highest BCUT2D eigenvalue weighted by atomic mass is 32.2. The van der Waals surface area contributed by atoms with Crippen molar-refractivity contribution >= 4 is 29.2 Å². The number of nitrogens with two attached hydrogens (primary N) is 1. The van der Waals surface area contributed by atoms with Crippen LogP contribution in [0, 0.1) is 0 Å². The second-order valence-electron chi connectivity index (χ2n) is 5.19. The van der Waals surface area contributed by atoms with Gasteiger partial charge >= 0.3 is 0 Å². The van der Waals surface area contributed by atoms with Gasteiger partial charge in [-0.05, 0) is 32.2 Å². The Morgan fingerprint density at radius 3 is 2.83 bits per heavy atom. The highest BCUT2D eigenvalue weighted by molar-refractivity contribution is 8.00. The summed E-state index contributed by atoms with van der Waals surface area (Å²) in [5.41, 5.74) is 8.59. The number of nitrogens with zero attached hydrogens (tertiary/aromatic N) is 1. The molecule has 2 N–H and O–H groups in total. The molecule has 0 aliphatic carbocycles. The first-order chi connectivity index (χ1) is 8.57. The summed E-state index contributed by atoms with van der Waals surface area (Å²) in [7, 11) is 0. The van der Waals surface area contributed by atoms with E-state index < -0.39 is 0 Å². The average molecular weight is 282 g/mol. The van der Waals surface area contributed by atoms with E-state index in [1.54, 1.807) is 11.8 Å². The molecule has 1 heterocycles. The Hall–Kier alpha value is -0.320. The second-order valence-corrected chi connectivity index (χ2v) is 7.84. The number of anilines is 1. The number of hydrogen-bond donors (Lipinski definition) is 1. The van der Waals surface area contributed by atoms with Crippen molar-refractivity contribution in [3.8, 4) is 0 Å². The Balaban J connectivity index is 2.32. The van der Waals surface area contributed by atoms with Gasteiger partial charge in [0.1, 0.15) is 0 Å². The van der Waals surface area contributed by atoms with Crippen molar-refractivity contribution in [2.24, 2.45) is 5.73 Å². The van der Waals surface area contributed by atoms with E-state index in [2.05, 4.69) is 55.0 Å². The smallest absolute Gasteiger partial charge is 0.0423 e. The zero-order valence-corrected chi connectivity index (χ0v) is 13.0. The summed E-state index contributed by atoms with van der Waals surface area (Å²) in [5, 5.41) is 0. The maximum atomic E-state index is 5.96. The molecule has 100 valence electrons. The Labute approximate surface area is 119 Å². The maximum absolute atomic E-state index is 5.96. The molecule has 0 atom stereocenters. The highest BCUT2D eigenvalue weighted by Gasteiger charge is 2.28. The van der Waals surface area contributed by atoms with Gasteiger partial charge in [-0.25, -0.2) is 0 Å². The lowest BCUT2D eigenvalue weighted by Gasteiger charge is -2.40. The first-order valence-electron chi connectivity index (χ1n) is 6.32. The van der Waals surface area contributed by atoms with Gasteiger partial charge in [0, 0.05) is 46.3 Å². The van der Waals surface area contributed by atoms with Crippen molar-refractivity contribution in [3.05, 3.63) is 23.8 Å². The third-order valence-corrected chi connectivity index (χ3v) is 5.42. The van der Waals surface area contributed by atoms with E-state index in [1.165, 1.54) is 21.9 Å². The zero-order chi connectivity index (χ0) is 13.2. The molecule has 1 aliphatic heterocycles. The third-order valence-electron chi connectivity index (χ3n) is 3.30. The molecular formula is C14H22N2S2. The van der Waals surface area contributed by atoms with Crippen LogP contribution in [0.2, 0.25) is 0 Å². The van der Waals surface area contributed by atoms with Gasteiger partial charge in [0.2, 0.25) is 0 Å². The van der Waals surface area contributed by atoms with Gasteiger partial charge in [-0.15, -0.1) is 11.8 Å². The highest BCUT2D eigenvalue weighted by Crippen LogP contribution is 2.35. The van der Waals surface area contributed by atoms with Crippen LogP contribution in [0.25, 0.3) is 0 Å². The molecule has 1 aliphatic rings. The summed E-state index contributed by atoms with van der Waals surface area (Å²) in [4.78, 5) is 3.81. The van der Waals surface area contributed by atoms with E-state index >= 15 is 0 Å². The molecule has 0 saturated carbocycles. The lowest BCUT2D eigenvalue weighted by atomic mass is 10.1. The molecule has 1 aromatic rings. The monoisotopic (exact) mass is 282 g/mol. The molecule has 1 fully saturated rings. The van der Waals surface area contributed by atoms with E-state index in [1.807, 2.05) is 0 Å². The maximum Gasteiger partial charge on any atom is 0.0423 e. The van der Waals surface area contributed by atoms with Crippen LogP contribution in [0.15, 0.2) is 23.1 Å². The van der Waals surface area contributed by atoms with E-state index in [4.69, 9.17) is 5.73 Å². The number of hydrogen-bond acceptors (Lipinski definition) is 4. The molecule has 0 radical (unpaired) electrons. The van der Waals surface area contributed by atoms with Crippen LogP contribution in [0.3, 0.4) is 0 Å². The third kappa shape index (κ3) is 2.98. The molecule has 1 saturated heterocycles. The van der Waals surface area contributed by atoms with Crippen LogP contribution in [-0.2, 0) is 6.54 Å². The van der Waals surface area contributed by atoms with Crippen molar-refractivity contribution in [2.75, 3.05) is 30.0 Å². The predicted molar refractivity (Wildman–Crippen MR) is 84.9 cm³/mol. The number of benzene rings is 1. The molecule has 0 bridgehead atoms. The van der Waals surface area contributed by atoms with Gasteiger partial charge in [-0.3, -0.25) is 0 Å². The second kappa shape index (κ2) is 5.76. The molecule has 0 amide bonds. The van der Waals surface area contributed by atoms with Gasteiger partial charge in [-0.2, -0.15) is 11.8 Å². The Morgan fingerprint density at radius 1 is 1.44 bits per heavy atom. The predicted octanol–water partition coefficient (Wildman–Crippen LogP) is 3.20. The van der Waals surface area contributed by atoms with Crippen LogP contribution in [0.1, 0.15) is 19.4 Å². The van der Waals surface area contributed by atoms with Crippen LogP contribution >= 0.6 is 23.5 Å². The van der Waals surface area contributed by atoms with Gasteiger partial charge in [-0.1, -0.05) is 6.07 Å². The van der Waals surface area contributed by atoms with Gasteiger partial charge in [0.25, 0.3) is 0 Å². The van der Waals surface area contributed by atoms with Crippen LogP contribution < -0.4 is 10.6 Å². The number of rotatable bonds is 3. The first kappa shape index (κ1) is 14.1. The van der Waals surface area contributed by atoms with E-state index in [9.17, 15) is 0 Å². The molecule has 0 spiro atoms. The van der Waals surface area contributed by atoms with Crippen molar-refractivity contribution in [1.82, 2.24) is 0 Å². The summed E-state index contributed by atoms with van der Waals surface area (Å²) < 4.78 is 0.333. The summed E-state index contributed by atoms with van der Waals surface area (Å²) in [6.45, 7) is 7.49. The van der Waals surface area contributed by atoms with E-state index in [0.717, 1.165) is 13.1 Å². The summed E-state index contributed by atoms with van der Waals surface area (Å²) in [6, 6.07) is 6.53. The Bertz CT molecular complexity index is 418. The summed E-state index contributed by atoms with van der Waals surface area (Å²) in [5.74, 6) is 1.19. The minimum Gasteiger partial charge on any atom is -0.369 e. The fourth-order valence-electron chi connectivity index (χ4n) is 2.47. The molecule has 0 unspecified atom stereocenters. The van der Waals surface area contributed by atoms with Crippen molar-refractivity contribution in [3.63, 3.8) is 0 Å². The van der Waals surface area contributed by atoms with Gasteiger partial charge in [0.05, 0.1) is 0 Å². The Kier molecular flexibility index (Phi) is 4.51. The molecule has 1 aromatic carbocycles. The minimum absolute atomic E-state index is 0.333. The average Bonchev–Trinajstić information content (AvgIpc) is 2.36. The lowest BCUT2D eigenvalue weighted by Crippen LogP contribution is -2.43. The lowest BCUT2D eigenvalue weighted by molar-refractivity contribution is 0.645. The van der Waals surface area contributed by atoms with Crippen LogP contribution in [0.4, 0.5) is 5.69 Å². The molecule has 18 heavy (non-hydrogen) atoms. The minimum atomic E-state index is 0.333. The van der Waals surface area contributed by atoms with Crippen molar-refractivity contribution in [2.45, 2.75) is 30.0 Å². The van der Waals surface area contributed by atoms with E-state index in [0.29, 0.717) is 11.3 Å². The molecule has 2 rings (SSSR count). The van der Waals surface area contributed by atoms with Gasteiger partial charge < -0.3 is 10.6 Å². The quantitative estimate of drug-likeness (QED) is 0.862. The number of thioether (sulfide) groups is 2. The first-order valence-corrected chi connectivity index (χ1v) is 8.53. The Morgan fingerprint density at radius 2 is 2.22 bits per heavy atom.